The number of nitrogens with one attached hydrogen (secondary N) is 1. The summed E-state index contributed by atoms with van der Waals surface area (Å²) in [6.45, 7) is 2.68. The second-order valence-electron chi connectivity index (χ2n) is 4.82. The van der Waals surface area contributed by atoms with Gasteiger partial charge in [0.05, 0.1) is 6.42 Å². The van der Waals surface area contributed by atoms with Gasteiger partial charge in [0.2, 0.25) is 5.91 Å². The molecule has 2 aromatic carbocycles. The molecule has 0 unspecified atom stereocenters. The number of carbonyl (C=O) groups is 1. The van der Waals surface area contributed by atoms with E-state index in [-0.39, 0.29) is 5.91 Å². The molecule has 0 saturated heterocycles. The third-order valence-electron chi connectivity index (χ3n) is 3.33. The van der Waals surface area contributed by atoms with Crippen molar-refractivity contribution in [3.05, 3.63) is 65.2 Å². The molecule has 0 aliphatic carbocycles. The van der Waals surface area contributed by atoms with Crippen LogP contribution < -0.4 is 11.1 Å². The Labute approximate surface area is 119 Å². The van der Waals surface area contributed by atoms with E-state index in [9.17, 15) is 4.79 Å². The summed E-state index contributed by atoms with van der Waals surface area (Å²) in [6, 6.07) is 15.7. The highest BCUT2D eigenvalue weighted by Gasteiger charge is 2.05. The summed E-state index contributed by atoms with van der Waals surface area (Å²) in [4.78, 5) is 11.9. The highest BCUT2D eigenvalue weighted by atomic mass is 16.1. The predicted molar refractivity (Wildman–Crippen MR) is 82.2 cm³/mol. The molecule has 0 fully saturated rings. The molecular weight excluding hydrogens is 248 g/mol. The Morgan fingerprint density at radius 1 is 1.05 bits per heavy atom. The summed E-state index contributed by atoms with van der Waals surface area (Å²) >= 11 is 0. The molecule has 3 heteroatoms. The number of aryl methyl sites for hydroxylation is 1. The third kappa shape index (κ3) is 3.85. The minimum absolute atomic E-state index is 0.0116. The number of carbonyl (C=O) groups excluding carboxylic acids is 1. The first-order valence-electron chi connectivity index (χ1n) is 6.87. The second kappa shape index (κ2) is 6.75. The number of hydrogen-bond acceptors (Lipinski definition) is 2. The Bertz CT molecular complexity index is 576. The zero-order chi connectivity index (χ0) is 14.4. The van der Waals surface area contributed by atoms with E-state index in [1.807, 2.05) is 24.3 Å². The van der Waals surface area contributed by atoms with Crippen LogP contribution in [0.4, 0.5) is 5.69 Å². The molecule has 2 aromatic rings. The smallest absolute Gasteiger partial charge is 0.224 e. The van der Waals surface area contributed by atoms with Crippen molar-refractivity contribution in [2.24, 2.45) is 0 Å². The lowest BCUT2D eigenvalue weighted by molar-refractivity contribution is -0.120. The molecule has 0 aromatic heterocycles. The van der Waals surface area contributed by atoms with Crippen molar-refractivity contribution in [3.63, 3.8) is 0 Å². The molecule has 20 heavy (non-hydrogen) atoms. The quantitative estimate of drug-likeness (QED) is 0.819. The average molecular weight is 268 g/mol. The van der Waals surface area contributed by atoms with Gasteiger partial charge in [-0.15, -0.1) is 0 Å². The van der Waals surface area contributed by atoms with Gasteiger partial charge in [-0.25, -0.2) is 0 Å². The number of para-hydroxylation sites is 1. The molecule has 3 nitrogen and oxygen atoms in total. The highest BCUT2D eigenvalue weighted by molar-refractivity contribution is 5.80. The zero-order valence-electron chi connectivity index (χ0n) is 11.7. The fraction of sp³-hybridized carbons (Fsp3) is 0.235. The molecule has 1 amide bonds. The van der Waals surface area contributed by atoms with Gasteiger partial charge in [-0.1, -0.05) is 49.4 Å². The molecule has 3 N–H and O–H groups in total. The van der Waals surface area contributed by atoms with Crippen LogP contribution in [0.5, 0.6) is 0 Å². The fourth-order valence-electron chi connectivity index (χ4n) is 2.02. The van der Waals surface area contributed by atoms with Gasteiger partial charge < -0.3 is 11.1 Å². The predicted octanol–water partition coefficient (Wildman–Crippen LogP) is 2.69. The number of anilines is 1. The van der Waals surface area contributed by atoms with E-state index in [4.69, 9.17) is 5.73 Å². The maximum absolute atomic E-state index is 11.9. The molecule has 0 heterocycles. The minimum Gasteiger partial charge on any atom is -0.398 e. The van der Waals surface area contributed by atoms with Crippen LogP contribution >= 0.6 is 0 Å². The highest BCUT2D eigenvalue weighted by Crippen LogP contribution is 2.11. The van der Waals surface area contributed by atoms with Crippen LogP contribution in [0.25, 0.3) is 0 Å². The lowest BCUT2D eigenvalue weighted by atomic mass is 10.1. The molecule has 0 atom stereocenters. The monoisotopic (exact) mass is 268 g/mol. The number of benzene rings is 2. The largest absolute Gasteiger partial charge is 0.398 e. The first-order chi connectivity index (χ1) is 9.69. The number of hydrogen-bond donors (Lipinski definition) is 2. The Kier molecular flexibility index (Phi) is 4.77. The molecular formula is C17H20N2O. The van der Waals surface area contributed by atoms with Gasteiger partial charge in [0.25, 0.3) is 0 Å². The number of nitrogens with two attached hydrogens (primary N) is 1. The minimum atomic E-state index is -0.0116. The van der Waals surface area contributed by atoms with Crippen molar-refractivity contribution in [1.29, 1.82) is 0 Å². The Morgan fingerprint density at radius 2 is 1.70 bits per heavy atom. The van der Waals surface area contributed by atoms with Crippen molar-refractivity contribution < 1.29 is 4.79 Å². The molecule has 0 aliphatic heterocycles. The third-order valence-corrected chi connectivity index (χ3v) is 3.33. The van der Waals surface area contributed by atoms with E-state index in [1.165, 1.54) is 5.56 Å². The van der Waals surface area contributed by atoms with Gasteiger partial charge in [-0.05, 0) is 29.2 Å². The fourth-order valence-corrected chi connectivity index (χ4v) is 2.02. The maximum atomic E-state index is 11.9. The number of rotatable bonds is 5. The Hall–Kier alpha value is -2.29. The van der Waals surface area contributed by atoms with E-state index >= 15 is 0 Å². The van der Waals surface area contributed by atoms with Gasteiger partial charge in [0.15, 0.2) is 0 Å². The van der Waals surface area contributed by atoms with E-state index in [2.05, 4.69) is 36.5 Å². The Morgan fingerprint density at radius 3 is 2.35 bits per heavy atom. The lowest BCUT2D eigenvalue weighted by Gasteiger charge is -2.08. The summed E-state index contributed by atoms with van der Waals surface area (Å²) in [5.41, 5.74) is 9.77. The van der Waals surface area contributed by atoms with E-state index in [0.717, 1.165) is 17.5 Å². The molecule has 0 bridgehead atoms. The van der Waals surface area contributed by atoms with E-state index < -0.39 is 0 Å². The van der Waals surface area contributed by atoms with Gasteiger partial charge >= 0.3 is 0 Å². The van der Waals surface area contributed by atoms with Crippen molar-refractivity contribution in [2.45, 2.75) is 26.3 Å². The van der Waals surface area contributed by atoms with E-state index in [1.54, 1.807) is 0 Å². The topological polar surface area (TPSA) is 55.1 Å². The normalized spacial score (nSPS) is 10.2. The van der Waals surface area contributed by atoms with Crippen LogP contribution in [0.15, 0.2) is 48.5 Å². The summed E-state index contributed by atoms with van der Waals surface area (Å²) in [5, 5.41) is 2.92. The van der Waals surface area contributed by atoms with Crippen LogP contribution in [0, 0.1) is 0 Å². The second-order valence-corrected chi connectivity index (χ2v) is 4.82. The van der Waals surface area contributed by atoms with Crippen molar-refractivity contribution in [3.8, 4) is 0 Å². The van der Waals surface area contributed by atoms with Gasteiger partial charge in [-0.3, -0.25) is 4.79 Å². The van der Waals surface area contributed by atoms with Crippen LogP contribution in [-0.4, -0.2) is 5.91 Å². The van der Waals surface area contributed by atoms with Gasteiger partial charge in [0.1, 0.15) is 0 Å². The molecule has 0 saturated carbocycles. The molecule has 0 radical (unpaired) electrons. The first-order valence-corrected chi connectivity index (χ1v) is 6.87. The Balaban J connectivity index is 1.87. The van der Waals surface area contributed by atoms with Crippen LogP contribution in [0.3, 0.4) is 0 Å². The number of nitrogen functional groups attached to an aromatic ring is 1. The average Bonchev–Trinajstić information content (AvgIpc) is 2.48. The van der Waals surface area contributed by atoms with Crippen LogP contribution in [0.1, 0.15) is 23.6 Å². The number of amides is 1. The summed E-state index contributed by atoms with van der Waals surface area (Å²) in [7, 11) is 0. The maximum Gasteiger partial charge on any atom is 0.224 e. The standard InChI is InChI=1S/C17H20N2O/c1-2-13-7-9-14(10-8-13)12-19-17(20)11-15-5-3-4-6-16(15)18/h3-10H,2,11-12,18H2,1H3,(H,19,20). The van der Waals surface area contributed by atoms with Crippen molar-refractivity contribution in [1.82, 2.24) is 5.32 Å². The molecule has 0 aliphatic rings. The SMILES string of the molecule is CCc1ccc(CNC(=O)Cc2ccccc2N)cc1. The van der Waals surface area contributed by atoms with E-state index in [0.29, 0.717) is 18.7 Å². The molecule has 104 valence electrons. The van der Waals surface area contributed by atoms with Crippen LogP contribution in [0.2, 0.25) is 0 Å². The van der Waals surface area contributed by atoms with Gasteiger partial charge in [0, 0.05) is 12.2 Å². The zero-order valence-corrected chi connectivity index (χ0v) is 11.7. The molecule has 2 rings (SSSR count). The summed E-state index contributed by atoms with van der Waals surface area (Å²) in [5.74, 6) is -0.0116. The van der Waals surface area contributed by atoms with Crippen LogP contribution in [-0.2, 0) is 24.2 Å². The van der Waals surface area contributed by atoms with Crippen molar-refractivity contribution in [2.75, 3.05) is 5.73 Å². The first kappa shape index (κ1) is 14.1. The van der Waals surface area contributed by atoms with Crippen molar-refractivity contribution >= 4 is 11.6 Å². The van der Waals surface area contributed by atoms with Gasteiger partial charge in [-0.2, -0.15) is 0 Å². The summed E-state index contributed by atoms with van der Waals surface area (Å²) in [6.07, 6.45) is 1.35. The summed E-state index contributed by atoms with van der Waals surface area (Å²) < 4.78 is 0. The molecule has 0 spiro atoms. The lowest BCUT2D eigenvalue weighted by Crippen LogP contribution is -2.24.